The van der Waals surface area contributed by atoms with Gasteiger partial charge in [0.15, 0.2) is 11.5 Å². The van der Waals surface area contributed by atoms with Gasteiger partial charge in [0.2, 0.25) is 0 Å². The van der Waals surface area contributed by atoms with Gasteiger partial charge in [-0.05, 0) is 55.0 Å². The van der Waals surface area contributed by atoms with Gasteiger partial charge in [-0.3, -0.25) is 0 Å². The van der Waals surface area contributed by atoms with E-state index in [0.717, 1.165) is 23.8 Å². The summed E-state index contributed by atoms with van der Waals surface area (Å²) in [6, 6.07) is 6.05. The van der Waals surface area contributed by atoms with Gasteiger partial charge >= 0.3 is 0 Å². The lowest BCUT2D eigenvalue weighted by Crippen LogP contribution is -2.01. The lowest BCUT2D eigenvalue weighted by molar-refractivity contribution is 0.354. The molecule has 2 rings (SSSR count). The summed E-state index contributed by atoms with van der Waals surface area (Å²) in [5, 5.41) is 0. The summed E-state index contributed by atoms with van der Waals surface area (Å²) in [5.41, 5.74) is 4.56. The number of hydrogen-bond donors (Lipinski definition) is 0. The van der Waals surface area contributed by atoms with Crippen LogP contribution in [0.5, 0.6) is 11.5 Å². The SMILES string of the molecule is COc1ccc(CC=C=CC2CCCCC2)cc1OC. The number of rotatable bonds is 5. The van der Waals surface area contributed by atoms with Crippen molar-refractivity contribution >= 4 is 0 Å². The highest BCUT2D eigenvalue weighted by atomic mass is 16.5. The van der Waals surface area contributed by atoms with Crippen LogP contribution in [0.1, 0.15) is 37.7 Å². The van der Waals surface area contributed by atoms with Crippen molar-refractivity contribution in [3.8, 4) is 11.5 Å². The first-order valence-electron chi connectivity index (χ1n) is 7.45. The molecule has 0 bridgehead atoms. The van der Waals surface area contributed by atoms with Crippen LogP contribution in [0.15, 0.2) is 36.1 Å². The van der Waals surface area contributed by atoms with Gasteiger partial charge in [-0.25, -0.2) is 0 Å². The predicted octanol–water partition coefficient (Wildman–Crippen LogP) is 4.54. The Morgan fingerprint density at radius 2 is 1.85 bits per heavy atom. The van der Waals surface area contributed by atoms with E-state index in [1.54, 1.807) is 14.2 Å². The van der Waals surface area contributed by atoms with Crippen molar-refractivity contribution in [3.63, 3.8) is 0 Å². The van der Waals surface area contributed by atoms with E-state index in [9.17, 15) is 0 Å². The molecule has 0 atom stereocenters. The second-order valence-corrected chi connectivity index (χ2v) is 5.33. The molecule has 1 aliphatic rings. The highest BCUT2D eigenvalue weighted by Gasteiger charge is 2.09. The first kappa shape index (κ1) is 14.7. The molecule has 20 heavy (non-hydrogen) atoms. The molecule has 2 nitrogen and oxygen atoms in total. The Balaban J connectivity index is 1.94. The van der Waals surface area contributed by atoms with Crippen molar-refractivity contribution in [3.05, 3.63) is 41.6 Å². The van der Waals surface area contributed by atoms with Gasteiger partial charge in [0.05, 0.1) is 14.2 Å². The molecule has 0 aliphatic heterocycles. The summed E-state index contributed by atoms with van der Waals surface area (Å²) in [5.74, 6) is 2.30. The third-order valence-corrected chi connectivity index (χ3v) is 3.89. The van der Waals surface area contributed by atoms with E-state index in [0.29, 0.717) is 0 Å². The summed E-state index contributed by atoms with van der Waals surface area (Å²) in [7, 11) is 3.32. The zero-order valence-corrected chi connectivity index (χ0v) is 12.5. The van der Waals surface area contributed by atoms with Gasteiger partial charge in [0, 0.05) is 0 Å². The van der Waals surface area contributed by atoms with Gasteiger partial charge in [0.25, 0.3) is 0 Å². The van der Waals surface area contributed by atoms with Crippen molar-refractivity contribution in [1.82, 2.24) is 0 Å². The van der Waals surface area contributed by atoms with Crippen LogP contribution in [0.25, 0.3) is 0 Å². The van der Waals surface area contributed by atoms with Crippen LogP contribution in [0.4, 0.5) is 0 Å². The van der Waals surface area contributed by atoms with E-state index in [1.807, 2.05) is 12.1 Å². The van der Waals surface area contributed by atoms with Crippen LogP contribution in [0.3, 0.4) is 0 Å². The molecule has 0 heterocycles. The number of methoxy groups -OCH3 is 2. The van der Waals surface area contributed by atoms with Crippen molar-refractivity contribution < 1.29 is 9.47 Å². The lowest BCUT2D eigenvalue weighted by Gasteiger charge is -2.16. The zero-order valence-electron chi connectivity index (χ0n) is 12.5. The highest BCUT2D eigenvalue weighted by molar-refractivity contribution is 5.43. The molecule has 1 aliphatic carbocycles. The Morgan fingerprint density at radius 1 is 1.10 bits per heavy atom. The molecule has 0 radical (unpaired) electrons. The quantitative estimate of drug-likeness (QED) is 0.733. The molecule has 2 heteroatoms. The van der Waals surface area contributed by atoms with Crippen LogP contribution < -0.4 is 9.47 Å². The second kappa shape index (κ2) is 7.81. The second-order valence-electron chi connectivity index (χ2n) is 5.33. The van der Waals surface area contributed by atoms with E-state index in [2.05, 4.69) is 23.9 Å². The fourth-order valence-corrected chi connectivity index (χ4v) is 2.69. The maximum absolute atomic E-state index is 5.31. The number of ether oxygens (including phenoxy) is 2. The van der Waals surface area contributed by atoms with Crippen molar-refractivity contribution in [2.24, 2.45) is 5.92 Å². The maximum atomic E-state index is 5.31. The normalized spacial score (nSPS) is 15.3. The maximum Gasteiger partial charge on any atom is 0.160 e. The van der Waals surface area contributed by atoms with Gasteiger partial charge in [0.1, 0.15) is 0 Å². The van der Waals surface area contributed by atoms with Crippen LogP contribution in [0, 0.1) is 5.92 Å². The number of benzene rings is 1. The molecule has 0 saturated heterocycles. The average Bonchev–Trinajstić information content (AvgIpc) is 2.52. The van der Waals surface area contributed by atoms with Crippen LogP contribution in [-0.4, -0.2) is 14.2 Å². The lowest BCUT2D eigenvalue weighted by atomic mass is 9.89. The van der Waals surface area contributed by atoms with E-state index in [4.69, 9.17) is 9.47 Å². The molecule has 1 saturated carbocycles. The molecular weight excluding hydrogens is 248 g/mol. The molecule has 0 amide bonds. The Labute approximate surface area is 122 Å². The fourth-order valence-electron chi connectivity index (χ4n) is 2.69. The predicted molar refractivity (Wildman–Crippen MR) is 82.5 cm³/mol. The van der Waals surface area contributed by atoms with E-state index in [1.165, 1.54) is 37.7 Å². The minimum absolute atomic E-state index is 0.741. The summed E-state index contributed by atoms with van der Waals surface area (Å²) >= 11 is 0. The van der Waals surface area contributed by atoms with Crippen molar-refractivity contribution in [1.29, 1.82) is 0 Å². The van der Waals surface area contributed by atoms with E-state index >= 15 is 0 Å². The van der Waals surface area contributed by atoms with Gasteiger partial charge in [-0.15, -0.1) is 5.73 Å². The molecule has 0 unspecified atom stereocenters. The molecule has 1 aromatic carbocycles. The monoisotopic (exact) mass is 272 g/mol. The summed E-state index contributed by atoms with van der Waals surface area (Å²) in [4.78, 5) is 0. The number of allylic oxidation sites excluding steroid dienone is 1. The van der Waals surface area contributed by atoms with Crippen LogP contribution in [-0.2, 0) is 6.42 Å². The molecule has 108 valence electrons. The van der Waals surface area contributed by atoms with Gasteiger partial charge < -0.3 is 9.47 Å². The highest BCUT2D eigenvalue weighted by Crippen LogP contribution is 2.28. The molecule has 0 spiro atoms. The van der Waals surface area contributed by atoms with E-state index < -0.39 is 0 Å². The van der Waals surface area contributed by atoms with E-state index in [-0.39, 0.29) is 0 Å². The van der Waals surface area contributed by atoms with Crippen LogP contribution >= 0.6 is 0 Å². The third-order valence-electron chi connectivity index (χ3n) is 3.89. The summed E-state index contributed by atoms with van der Waals surface area (Å²) < 4.78 is 10.6. The Morgan fingerprint density at radius 3 is 2.55 bits per heavy atom. The Hall–Kier alpha value is -1.66. The largest absolute Gasteiger partial charge is 0.493 e. The van der Waals surface area contributed by atoms with Gasteiger partial charge in [-0.1, -0.05) is 25.3 Å². The number of hydrogen-bond acceptors (Lipinski definition) is 2. The molecule has 0 aromatic heterocycles. The summed E-state index contributed by atoms with van der Waals surface area (Å²) in [6.07, 6.45) is 12.0. The Bertz CT molecular complexity index is 478. The fraction of sp³-hybridized carbons (Fsp3) is 0.500. The first-order chi connectivity index (χ1) is 9.83. The third kappa shape index (κ3) is 4.18. The molecule has 1 fully saturated rings. The Kier molecular flexibility index (Phi) is 5.76. The average molecular weight is 272 g/mol. The summed E-state index contributed by atoms with van der Waals surface area (Å²) in [6.45, 7) is 0. The molecular formula is C18H24O2. The van der Waals surface area contributed by atoms with Crippen LogP contribution in [0.2, 0.25) is 0 Å². The topological polar surface area (TPSA) is 18.5 Å². The first-order valence-corrected chi connectivity index (χ1v) is 7.45. The molecule has 0 N–H and O–H groups in total. The standard InChI is InChI=1S/C18H24O2/c1-19-17-13-12-16(14-18(17)20-2)11-7-6-10-15-8-4-3-5-9-15/h7,10,12-15H,3-5,8-9,11H2,1-2H3. The smallest absolute Gasteiger partial charge is 0.160 e. The minimum atomic E-state index is 0.741. The van der Waals surface area contributed by atoms with Crippen molar-refractivity contribution in [2.75, 3.05) is 14.2 Å². The van der Waals surface area contributed by atoms with Crippen molar-refractivity contribution in [2.45, 2.75) is 38.5 Å². The van der Waals surface area contributed by atoms with Gasteiger partial charge in [-0.2, -0.15) is 0 Å². The zero-order chi connectivity index (χ0) is 14.2. The minimum Gasteiger partial charge on any atom is -0.493 e. The molecule has 1 aromatic rings.